The maximum absolute atomic E-state index is 12.7. The number of methoxy groups -OCH3 is 1. The van der Waals surface area contributed by atoms with Crippen LogP contribution >= 0.6 is 39.1 Å². The number of piperazine rings is 1. The molecule has 0 saturated carbocycles. The van der Waals surface area contributed by atoms with Gasteiger partial charge in [-0.1, -0.05) is 71.7 Å². The number of nitrogens with one attached hydrogen (secondary N) is 1. The highest BCUT2D eigenvalue weighted by atomic mass is 79.9. The zero-order valence-electron chi connectivity index (χ0n) is 24.3. The number of ether oxygens (including phenoxy) is 2. The molecule has 4 aromatic rings. The van der Waals surface area contributed by atoms with Crippen LogP contribution in [-0.4, -0.2) is 55.2 Å². The largest absolute Gasteiger partial charge is 0.493 e. The molecule has 1 fully saturated rings. The third kappa shape index (κ3) is 8.83. The number of hydrazone groups is 1. The summed E-state index contributed by atoms with van der Waals surface area (Å²) in [6.07, 6.45) is 1.56. The lowest BCUT2D eigenvalue weighted by molar-refractivity contribution is 0.0955. The molecule has 1 amide bonds. The molecule has 0 bridgehead atoms. The van der Waals surface area contributed by atoms with Crippen molar-refractivity contribution in [2.75, 3.05) is 33.3 Å². The van der Waals surface area contributed by atoms with E-state index >= 15 is 0 Å². The summed E-state index contributed by atoms with van der Waals surface area (Å²) in [5, 5.41) is 5.10. The van der Waals surface area contributed by atoms with Crippen molar-refractivity contribution in [2.24, 2.45) is 5.10 Å². The Kier molecular flexibility index (Phi) is 11.3. The average Bonchev–Trinajstić information content (AvgIpc) is 3.03. The fourth-order valence-corrected chi connectivity index (χ4v) is 5.83. The van der Waals surface area contributed by atoms with Gasteiger partial charge in [-0.25, -0.2) is 5.43 Å². The Hall–Kier alpha value is -3.40. The SMILES string of the molecule is COc1cc(/C=N\NC(=O)c2ccc(CN3CCN(Cc4ccccc4)CC3)cc2)cc(Br)c1OCc1ccc(Cl)c(Cl)c1. The van der Waals surface area contributed by atoms with Gasteiger partial charge in [-0.15, -0.1) is 0 Å². The van der Waals surface area contributed by atoms with E-state index in [0.717, 1.165) is 50.4 Å². The summed E-state index contributed by atoms with van der Waals surface area (Å²) < 4.78 is 12.2. The van der Waals surface area contributed by atoms with E-state index in [1.165, 1.54) is 11.1 Å². The molecule has 0 spiro atoms. The number of rotatable bonds is 11. The molecule has 10 heteroatoms. The summed E-state index contributed by atoms with van der Waals surface area (Å²) in [5.41, 5.74) is 7.27. The molecule has 4 aromatic carbocycles. The van der Waals surface area contributed by atoms with Crippen molar-refractivity contribution < 1.29 is 14.3 Å². The third-order valence-corrected chi connectivity index (χ3v) is 8.66. The summed E-state index contributed by atoms with van der Waals surface area (Å²) in [5.74, 6) is 0.768. The average molecular weight is 696 g/mol. The highest BCUT2D eigenvalue weighted by Gasteiger charge is 2.17. The van der Waals surface area contributed by atoms with Gasteiger partial charge in [0.25, 0.3) is 5.91 Å². The van der Waals surface area contributed by atoms with E-state index in [2.05, 4.69) is 66.6 Å². The number of benzene rings is 4. The number of halogens is 3. The quantitative estimate of drug-likeness (QED) is 0.131. The second kappa shape index (κ2) is 15.5. The number of carbonyl (C=O) groups excluding carboxylic acids is 1. The second-order valence-electron chi connectivity index (χ2n) is 10.5. The van der Waals surface area contributed by atoms with Crippen LogP contribution in [0.5, 0.6) is 11.5 Å². The highest BCUT2D eigenvalue weighted by molar-refractivity contribution is 9.10. The smallest absolute Gasteiger partial charge is 0.271 e. The molecule has 1 N–H and O–H groups in total. The number of carbonyl (C=O) groups is 1. The Morgan fingerprint density at radius 3 is 2.14 bits per heavy atom. The Balaban J connectivity index is 1.10. The standard InChI is InChI=1S/C34H33BrCl2N4O3/c1-43-32-19-27(17-29(35)33(32)44-23-26-9-12-30(36)31(37)18-26)20-38-39-34(42)28-10-7-25(8-11-28)22-41-15-13-40(14-16-41)21-24-5-3-2-4-6-24/h2-12,17-20H,13-16,21-23H2,1H3,(H,39,42)/b38-20-. The van der Waals surface area contributed by atoms with Crippen molar-refractivity contribution >= 4 is 51.3 Å². The molecular weight excluding hydrogens is 663 g/mol. The third-order valence-electron chi connectivity index (χ3n) is 7.33. The van der Waals surface area contributed by atoms with E-state index in [-0.39, 0.29) is 12.5 Å². The zero-order valence-corrected chi connectivity index (χ0v) is 27.4. The number of amides is 1. The summed E-state index contributed by atoms with van der Waals surface area (Å²) in [4.78, 5) is 17.7. The first kappa shape index (κ1) is 32.0. The number of nitrogens with zero attached hydrogens (tertiary/aromatic N) is 3. The van der Waals surface area contributed by atoms with E-state index in [4.69, 9.17) is 32.7 Å². The first-order valence-corrected chi connectivity index (χ1v) is 15.8. The van der Waals surface area contributed by atoms with Crippen molar-refractivity contribution in [3.8, 4) is 11.5 Å². The molecule has 7 nitrogen and oxygen atoms in total. The minimum Gasteiger partial charge on any atom is -0.493 e. The summed E-state index contributed by atoms with van der Waals surface area (Å²) >= 11 is 15.7. The van der Waals surface area contributed by atoms with Crippen molar-refractivity contribution in [2.45, 2.75) is 19.7 Å². The van der Waals surface area contributed by atoms with Crippen LogP contribution in [0.15, 0.2) is 94.5 Å². The van der Waals surface area contributed by atoms with Gasteiger partial charge < -0.3 is 9.47 Å². The van der Waals surface area contributed by atoms with Gasteiger partial charge in [-0.05, 0) is 74.6 Å². The summed E-state index contributed by atoms with van der Waals surface area (Å²) in [6.45, 7) is 6.27. The Morgan fingerprint density at radius 1 is 0.864 bits per heavy atom. The van der Waals surface area contributed by atoms with Crippen LogP contribution in [0, 0.1) is 0 Å². The van der Waals surface area contributed by atoms with E-state index in [0.29, 0.717) is 31.6 Å². The minimum absolute atomic E-state index is 0.277. The molecule has 228 valence electrons. The van der Waals surface area contributed by atoms with Gasteiger partial charge in [0.2, 0.25) is 0 Å². The van der Waals surface area contributed by atoms with Crippen LogP contribution in [0.1, 0.15) is 32.6 Å². The van der Waals surface area contributed by atoms with Gasteiger partial charge in [-0.2, -0.15) is 5.10 Å². The van der Waals surface area contributed by atoms with Crippen LogP contribution in [0.3, 0.4) is 0 Å². The molecule has 1 saturated heterocycles. The van der Waals surface area contributed by atoms with Crippen molar-refractivity contribution in [1.29, 1.82) is 0 Å². The van der Waals surface area contributed by atoms with E-state index in [1.54, 1.807) is 31.5 Å². The van der Waals surface area contributed by atoms with Crippen molar-refractivity contribution in [1.82, 2.24) is 15.2 Å². The maximum Gasteiger partial charge on any atom is 0.271 e. The normalized spacial score (nSPS) is 14.1. The van der Waals surface area contributed by atoms with Crippen LogP contribution in [0.25, 0.3) is 0 Å². The van der Waals surface area contributed by atoms with Crippen LogP contribution in [-0.2, 0) is 19.7 Å². The molecule has 0 aliphatic carbocycles. The number of hydrogen-bond acceptors (Lipinski definition) is 6. The monoisotopic (exact) mass is 694 g/mol. The topological polar surface area (TPSA) is 66.4 Å². The molecule has 1 aliphatic rings. The molecule has 5 rings (SSSR count). The molecule has 0 unspecified atom stereocenters. The minimum atomic E-state index is -0.282. The van der Waals surface area contributed by atoms with Gasteiger partial charge in [-0.3, -0.25) is 14.6 Å². The van der Waals surface area contributed by atoms with E-state index in [1.807, 2.05) is 36.4 Å². The summed E-state index contributed by atoms with van der Waals surface area (Å²) in [6, 6.07) is 27.2. The molecule has 0 aromatic heterocycles. The van der Waals surface area contributed by atoms with E-state index < -0.39 is 0 Å². The number of hydrogen-bond donors (Lipinski definition) is 1. The lowest BCUT2D eigenvalue weighted by Gasteiger charge is -2.34. The molecule has 1 heterocycles. The lowest BCUT2D eigenvalue weighted by atomic mass is 10.1. The molecule has 0 atom stereocenters. The van der Waals surface area contributed by atoms with Gasteiger partial charge in [0, 0.05) is 44.8 Å². The molecule has 0 radical (unpaired) electrons. The van der Waals surface area contributed by atoms with Gasteiger partial charge >= 0.3 is 0 Å². The van der Waals surface area contributed by atoms with Crippen LogP contribution in [0.4, 0.5) is 0 Å². The van der Waals surface area contributed by atoms with Crippen molar-refractivity contribution in [3.05, 3.63) is 127 Å². The Morgan fingerprint density at radius 2 is 1.50 bits per heavy atom. The fourth-order valence-electron chi connectivity index (χ4n) is 4.94. The van der Waals surface area contributed by atoms with Gasteiger partial charge in [0.1, 0.15) is 6.61 Å². The molecular formula is C34H33BrCl2N4O3. The van der Waals surface area contributed by atoms with Gasteiger partial charge in [0.05, 0.1) is 27.8 Å². The second-order valence-corrected chi connectivity index (χ2v) is 12.2. The predicted molar refractivity (Wildman–Crippen MR) is 180 cm³/mol. The maximum atomic E-state index is 12.7. The first-order chi connectivity index (χ1) is 21.4. The highest BCUT2D eigenvalue weighted by Crippen LogP contribution is 2.37. The molecule has 1 aliphatic heterocycles. The zero-order chi connectivity index (χ0) is 30.9. The van der Waals surface area contributed by atoms with Crippen LogP contribution < -0.4 is 14.9 Å². The molecule has 44 heavy (non-hydrogen) atoms. The van der Waals surface area contributed by atoms with Crippen molar-refractivity contribution in [3.63, 3.8) is 0 Å². The predicted octanol–water partition coefficient (Wildman–Crippen LogP) is 7.43. The summed E-state index contributed by atoms with van der Waals surface area (Å²) in [7, 11) is 1.56. The lowest BCUT2D eigenvalue weighted by Crippen LogP contribution is -2.45. The van der Waals surface area contributed by atoms with Crippen LogP contribution in [0.2, 0.25) is 10.0 Å². The Bertz CT molecular complexity index is 1590. The Labute approximate surface area is 276 Å². The van der Waals surface area contributed by atoms with Gasteiger partial charge in [0.15, 0.2) is 11.5 Å². The fraction of sp³-hybridized carbons (Fsp3) is 0.235. The first-order valence-electron chi connectivity index (χ1n) is 14.2. The van der Waals surface area contributed by atoms with E-state index in [9.17, 15) is 4.79 Å².